The summed E-state index contributed by atoms with van der Waals surface area (Å²) in [6.07, 6.45) is 5.22. The van der Waals surface area contributed by atoms with Gasteiger partial charge >= 0.3 is 6.03 Å². The van der Waals surface area contributed by atoms with Crippen LogP contribution in [0.4, 0.5) is 10.5 Å². The van der Waals surface area contributed by atoms with Gasteiger partial charge in [-0.3, -0.25) is 4.79 Å². The highest BCUT2D eigenvalue weighted by Gasteiger charge is 2.27. The summed E-state index contributed by atoms with van der Waals surface area (Å²) in [6.45, 7) is 0.493. The predicted molar refractivity (Wildman–Crippen MR) is 129 cm³/mol. The molecule has 1 aliphatic rings. The van der Waals surface area contributed by atoms with Crippen molar-refractivity contribution >= 4 is 17.6 Å². The second-order valence-electron chi connectivity index (χ2n) is 8.52. The molecule has 9 nitrogen and oxygen atoms in total. The average molecular weight is 472 g/mol. The second kappa shape index (κ2) is 9.84. The van der Waals surface area contributed by atoms with Crippen molar-refractivity contribution in [2.24, 2.45) is 0 Å². The molecule has 9 heteroatoms. The summed E-state index contributed by atoms with van der Waals surface area (Å²) in [5.41, 5.74) is 3.35. The number of benzene rings is 2. The van der Waals surface area contributed by atoms with Gasteiger partial charge in [0, 0.05) is 35.8 Å². The highest BCUT2D eigenvalue weighted by atomic mass is 16.5. The Kier molecular flexibility index (Phi) is 6.30. The molecule has 35 heavy (non-hydrogen) atoms. The van der Waals surface area contributed by atoms with Gasteiger partial charge in [0.2, 0.25) is 5.76 Å². The zero-order valence-corrected chi connectivity index (χ0v) is 19.0. The van der Waals surface area contributed by atoms with Gasteiger partial charge in [0.25, 0.3) is 5.91 Å². The number of carbonyl (C=O) groups excluding carboxylic acids is 2. The van der Waals surface area contributed by atoms with Crippen molar-refractivity contribution in [3.8, 4) is 17.0 Å². The Bertz CT molecular complexity index is 1330. The molecule has 0 atom stereocenters. The van der Waals surface area contributed by atoms with E-state index in [9.17, 15) is 14.7 Å². The normalized spacial score (nSPS) is 13.3. The molecule has 1 fully saturated rings. The molecule has 1 saturated carbocycles. The number of hydrogen-bond donors (Lipinski definition) is 3. The molecule has 0 unspecified atom stereocenters. The molecule has 2 aromatic carbocycles. The van der Waals surface area contributed by atoms with Crippen LogP contribution in [0.2, 0.25) is 0 Å². The molecule has 3 N–H and O–H groups in total. The van der Waals surface area contributed by atoms with Crippen molar-refractivity contribution in [1.29, 1.82) is 0 Å². The molecule has 5 rings (SSSR count). The lowest BCUT2D eigenvalue weighted by Crippen LogP contribution is -2.33. The molecule has 178 valence electrons. The maximum absolute atomic E-state index is 13.0. The minimum atomic E-state index is -0.474. The Balaban J connectivity index is 1.33. The first-order valence-corrected chi connectivity index (χ1v) is 11.6. The van der Waals surface area contributed by atoms with Crippen LogP contribution in [0, 0.1) is 0 Å². The third kappa shape index (κ3) is 4.93. The predicted octanol–water partition coefficient (Wildman–Crippen LogP) is 4.56. The van der Waals surface area contributed by atoms with E-state index in [1.54, 1.807) is 12.1 Å². The van der Waals surface area contributed by atoms with Crippen LogP contribution in [0.25, 0.3) is 11.3 Å². The van der Waals surface area contributed by atoms with Gasteiger partial charge in [-0.25, -0.2) is 4.79 Å². The summed E-state index contributed by atoms with van der Waals surface area (Å²) in [7, 11) is 0. The van der Waals surface area contributed by atoms with Gasteiger partial charge in [0.05, 0.1) is 17.6 Å². The van der Waals surface area contributed by atoms with Gasteiger partial charge in [0.15, 0.2) is 0 Å². The van der Waals surface area contributed by atoms with Crippen LogP contribution in [-0.4, -0.2) is 38.5 Å². The number of phenols is 1. The number of phenolic OH excluding ortho intramolecular Hbond substituents is 1. The summed E-state index contributed by atoms with van der Waals surface area (Å²) < 4.78 is 6.27. The van der Waals surface area contributed by atoms with E-state index in [0.717, 1.165) is 36.9 Å². The molecule has 2 heterocycles. The Morgan fingerprint density at radius 1 is 1.09 bits per heavy atom. The summed E-state index contributed by atoms with van der Waals surface area (Å²) in [5, 5.41) is 24.3. The van der Waals surface area contributed by atoms with E-state index in [1.807, 2.05) is 36.4 Å². The monoisotopic (exact) mass is 471 g/mol. The standard InChI is InChI=1S/C26H25N5O4/c32-23-15-19(29-25(33)24-12-14-28-35-24)9-10-20(23)21-16-22(18-7-4-8-18)31(30-21)26(34)27-13-11-17-5-2-1-3-6-17/h1-3,5-6,9-10,12,14-16,18,32H,4,7-8,11,13H2,(H,27,34)(H,29,33). The largest absolute Gasteiger partial charge is 0.507 e. The number of nitrogens with zero attached hydrogens (tertiary/aromatic N) is 3. The Hall–Kier alpha value is -4.40. The van der Waals surface area contributed by atoms with Gasteiger partial charge in [-0.15, -0.1) is 0 Å². The number of aromatic nitrogens is 3. The van der Waals surface area contributed by atoms with Gasteiger partial charge in [-0.05, 0) is 43.0 Å². The van der Waals surface area contributed by atoms with Crippen molar-refractivity contribution in [2.75, 3.05) is 11.9 Å². The quantitative estimate of drug-likeness (QED) is 0.363. The fourth-order valence-corrected chi connectivity index (χ4v) is 4.07. The maximum atomic E-state index is 13.0. The number of nitrogens with one attached hydrogen (secondary N) is 2. The van der Waals surface area contributed by atoms with Crippen LogP contribution >= 0.6 is 0 Å². The lowest BCUT2D eigenvalue weighted by atomic mass is 9.82. The number of rotatable bonds is 7. The third-order valence-corrected chi connectivity index (χ3v) is 6.18. The molecule has 2 aromatic heterocycles. The van der Waals surface area contributed by atoms with E-state index in [-0.39, 0.29) is 23.5 Å². The molecular formula is C26H25N5O4. The van der Waals surface area contributed by atoms with E-state index in [0.29, 0.717) is 23.5 Å². The van der Waals surface area contributed by atoms with Gasteiger partial charge in [0.1, 0.15) is 5.75 Å². The van der Waals surface area contributed by atoms with Crippen molar-refractivity contribution in [2.45, 2.75) is 31.6 Å². The minimum absolute atomic E-state index is 0.0605. The summed E-state index contributed by atoms with van der Waals surface area (Å²) >= 11 is 0. The first kappa shape index (κ1) is 22.4. The number of aromatic hydroxyl groups is 1. The molecule has 0 saturated heterocycles. The number of hydrogen-bond acceptors (Lipinski definition) is 6. The van der Waals surface area contributed by atoms with Gasteiger partial charge < -0.3 is 20.3 Å². The van der Waals surface area contributed by atoms with Crippen LogP contribution < -0.4 is 10.6 Å². The van der Waals surface area contributed by atoms with Crippen molar-refractivity contribution < 1.29 is 19.2 Å². The lowest BCUT2D eigenvalue weighted by molar-refractivity contribution is 0.0988. The number of anilines is 1. The summed E-state index contributed by atoms with van der Waals surface area (Å²) in [4.78, 5) is 25.2. The first-order valence-electron chi connectivity index (χ1n) is 11.6. The summed E-state index contributed by atoms with van der Waals surface area (Å²) in [5.74, 6) is -0.206. The molecule has 0 radical (unpaired) electrons. The SMILES string of the molecule is O=C(Nc1ccc(-c2cc(C3CCC3)n(C(=O)NCCc3ccccc3)n2)c(O)c1)c1ccno1. The highest BCUT2D eigenvalue weighted by Crippen LogP contribution is 2.39. The Morgan fingerprint density at radius 3 is 2.60 bits per heavy atom. The van der Waals surface area contributed by atoms with Gasteiger partial charge in [-0.1, -0.05) is 41.9 Å². The minimum Gasteiger partial charge on any atom is -0.507 e. The van der Waals surface area contributed by atoms with Crippen LogP contribution in [0.5, 0.6) is 5.75 Å². The van der Waals surface area contributed by atoms with E-state index in [2.05, 4.69) is 20.9 Å². The van der Waals surface area contributed by atoms with Crippen molar-refractivity contribution in [3.05, 3.63) is 83.9 Å². The van der Waals surface area contributed by atoms with E-state index in [4.69, 9.17) is 4.52 Å². The fraction of sp³-hybridized carbons (Fsp3) is 0.231. The molecule has 1 aliphatic carbocycles. The highest BCUT2D eigenvalue weighted by molar-refractivity contribution is 6.02. The Morgan fingerprint density at radius 2 is 1.91 bits per heavy atom. The summed E-state index contributed by atoms with van der Waals surface area (Å²) in [6, 6.07) is 17.7. The second-order valence-corrected chi connectivity index (χ2v) is 8.52. The van der Waals surface area contributed by atoms with Crippen LogP contribution in [-0.2, 0) is 6.42 Å². The molecular weight excluding hydrogens is 446 g/mol. The van der Waals surface area contributed by atoms with Crippen LogP contribution in [0.1, 0.15) is 47.0 Å². The molecule has 0 spiro atoms. The van der Waals surface area contributed by atoms with Crippen molar-refractivity contribution in [1.82, 2.24) is 20.3 Å². The average Bonchev–Trinajstić information content (AvgIpc) is 3.50. The fourth-order valence-electron chi connectivity index (χ4n) is 4.07. The van der Waals surface area contributed by atoms with E-state index < -0.39 is 5.91 Å². The molecule has 4 aromatic rings. The van der Waals surface area contributed by atoms with Gasteiger partial charge in [-0.2, -0.15) is 9.78 Å². The van der Waals surface area contributed by atoms with E-state index in [1.165, 1.54) is 23.0 Å². The van der Waals surface area contributed by atoms with Crippen LogP contribution in [0.15, 0.2) is 71.4 Å². The zero-order chi connectivity index (χ0) is 24.2. The molecule has 2 amide bonds. The maximum Gasteiger partial charge on any atom is 0.342 e. The Labute approximate surface area is 201 Å². The smallest absolute Gasteiger partial charge is 0.342 e. The number of carbonyl (C=O) groups is 2. The topological polar surface area (TPSA) is 122 Å². The van der Waals surface area contributed by atoms with Crippen molar-refractivity contribution in [3.63, 3.8) is 0 Å². The third-order valence-electron chi connectivity index (χ3n) is 6.18. The lowest BCUT2D eigenvalue weighted by Gasteiger charge is -2.25. The van der Waals surface area contributed by atoms with E-state index >= 15 is 0 Å². The van der Waals surface area contributed by atoms with Crippen LogP contribution in [0.3, 0.4) is 0 Å². The zero-order valence-electron chi connectivity index (χ0n) is 19.0. The first-order chi connectivity index (χ1) is 17.1. The number of amides is 2. The molecule has 0 aliphatic heterocycles. The molecule has 0 bridgehead atoms.